The van der Waals surface area contributed by atoms with Crippen molar-refractivity contribution in [2.45, 2.75) is 26.7 Å². The van der Waals surface area contributed by atoms with Gasteiger partial charge < -0.3 is 10.4 Å². The van der Waals surface area contributed by atoms with Crippen LogP contribution in [0.3, 0.4) is 0 Å². The van der Waals surface area contributed by atoms with E-state index in [9.17, 15) is 9.59 Å². The Kier molecular flexibility index (Phi) is 4.30. The number of benzene rings is 1. The Balaban J connectivity index is 2.22. The normalized spacial score (nSPS) is 12.0. The van der Waals surface area contributed by atoms with E-state index in [1.165, 1.54) is 12.1 Å². The molecule has 0 aliphatic rings. The van der Waals surface area contributed by atoms with Crippen LogP contribution in [-0.4, -0.2) is 26.8 Å². The molecule has 1 amide bonds. The highest BCUT2D eigenvalue weighted by atomic mass is 16.4. The van der Waals surface area contributed by atoms with Crippen LogP contribution >= 0.6 is 0 Å². The fourth-order valence-electron chi connectivity index (χ4n) is 2.53. The zero-order chi connectivity index (χ0) is 16.4. The van der Waals surface area contributed by atoms with Gasteiger partial charge >= 0.3 is 5.97 Å². The Bertz CT molecular complexity index is 734. The second-order valence-corrected chi connectivity index (χ2v) is 5.30. The van der Waals surface area contributed by atoms with Gasteiger partial charge in [-0.3, -0.25) is 9.48 Å². The Morgan fingerprint density at radius 1 is 1.32 bits per heavy atom. The average molecular weight is 301 g/mol. The number of carbonyl (C=O) groups excluding carboxylic acids is 1. The lowest BCUT2D eigenvalue weighted by molar-refractivity contribution is -0.117. The Morgan fingerprint density at radius 2 is 2.00 bits per heavy atom. The van der Waals surface area contributed by atoms with Crippen molar-refractivity contribution in [2.24, 2.45) is 7.05 Å². The van der Waals surface area contributed by atoms with Crippen molar-refractivity contribution in [3.05, 3.63) is 46.8 Å². The first-order valence-electron chi connectivity index (χ1n) is 6.95. The van der Waals surface area contributed by atoms with Crippen LogP contribution in [0, 0.1) is 13.8 Å². The van der Waals surface area contributed by atoms with Crippen molar-refractivity contribution in [2.75, 3.05) is 5.32 Å². The number of amides is 1. The van der Waals surface area contributed by atoms with Crippen LogP contribution in [0.5, 0.6) is 0 Å². The predicted octanol–water partition coefficient (Wildman–Crippen LogP) is 2.48. The monoisotopic (exact) mass is 301 g/mol. The second-order valence-electron chi connectivity index (χ2n) is 5.30. The molecule has 2 N–H and O–H groups in total. The molecule has 1 aromatic carbocycles. The van der Waals surface area contributed by atoms with E-state index in [0.717, 1.165) is 17.0 Å². The first kappa shape index (κ1) is 15.8. The third kappa shape index (κ3) is 3.00. The summed E-state index contributed by atoms with van der Waals surface area (Å²) in [6.45, 7) is 5.61. The number of nitrogens with one attached hydrogen (secondary N) is 1. The van der Waals surface area contributed by atoms with Crippen LogP contribution in [0.2, 0.25) is 0 Å². The number of aromatic nitrogens is 2. The van der Waals surface area contributed by atoms with Crippen molar-refractivity contribution in [3.63, 3.8) is 0 Å². The summed E-state index contributed by atoms with van der Waals surface area (Å²) in [7, 11) is 1.84. The number of aryl methyl sites for hydroxylation is 2. The molecule has 1 heterocycles. The molecule has 1 atom stereocenters. The molecule has 0 aliphatic carbocycles. The first-order valence-corrected chi connectivity index (χ1v) is 6.95. The van der Waals surface area contributed by atoms with E-state index >= 15 is 0 Å². The standard InChI is InChI=1S/C16H19N3O3/c1-9(14-10(2)18-19(4)11(14)3)15(20)17-13-7-5-6-12(8-13)16(21)22/h5-9H,1-4H3,(H,17,20)(H,21,22). The van der Waals surface area contributed by atoms with Crippen molar-refractivity contribution in [3.8, 4) is 0 Å². The highest BCUT2D eigenvalue weighted by molar-refractivity contribution is 5.97. The molecule has 0 aliphatic heterocycles. The average Bonchev–Trinajstić information content (AvgIpc) is 2.71. The zero-order valence-electron chi connectivity index (χ0n) is 13.0. The van der Waals surface area contributed by atoms with Gasteiger partial charge in [-0.1, -0.05) is 6.07 Å². The van der Waals surface area contributed by atoms with Gasteiger partial charge in [-0.05, 0) is 39.0 Å². The fourth-order valence-corrected chi connectivity index (χ4v) is 2.53. The maximum absolute atomic E-state index is 12.4. The molecule has 0 saturated heterocycles. The summed E-state index contributed by atoms with van der Waals surface area (Å²) in [5.41, 5.74) is 3.27. The molecule has 0 spiro atoms. The summed E-state index contributed by atoms with van der Waals surface area (Å²) >= 11 is 0. The lowest BCUT2D eigenvalue weighted by Crippen LogP contribution is -2.20. The van der Waals surface area contributed by atoms with Gasteiger partial charge in [-0.15, -0.1) is 0 Å². The second kappa shape index (κ2) is 6.01. The van der Waals surface area contributed by atoms with Crippen molar-refractivity contribution >= 4 is 17.6 Å². The maximum Gasteiger partial charge on any atom is 0.335 e. The third-order valence-corrected chi connectivity index (χ3v) is 3.77. The summed E-state index contributed by atoms with van der Waals surface area (Å²) in [5.74, 6) is -1.59. The number of hydrogen-bond donors (Lipinski definition) is 2. The summed E-state index contributed by atoms with van der Waals surface area (Å²) in [6, 6.07) is 6.19. The molecule has 22 heavy (non-hydrogen) atoms. The summed E-state index contributed by atoms with van der Waals surface area (Å²) in [4.78, 5) is 23.4. The van der Waals surface area contributed by atoms with Gasteiger partial charge in [0.05, 0.1) is 17.2 Å². The fraction of sp³-hybridized carbons (Fsp3) is 0.312. The molecule has 0 saturated carbocycles. The van der Waals surface area contributed by atoms with Crippen LogP contribution in [-0.2, 0) is 11.8 Å². The van der Waals surface area contributed by atoms with E-state index in [1.807, 2.05) is 27.8 Å². The van der Waals surface area contributed by atoms with Gasteiger partial charge in [-0.25, -0.2) is 4.79 Å². The maximum atomic E-state index is 12.4. The van der Waals surface area contributed by atoms with Gasteiger partial charge in [0.15, 0.2) is 0 Å². The number of carbonyl (C=O) groups is 2. The molecule has 1 unspecified atom stereocenters. The van der Waals surface area contributed by atoms with Gasteiger partial charge in [-0.2, -0.15) is 5.10 Å². The minimum Gasteiger partial charge on any atom is -0.478 e. The molecular weight excluding hydrogens is 282 g/mol. The molecule has 1 aromatic heterocycles. The zero-order valence-corrected chi connectivity index (χ0v) is 13.0. The number of rotatable bonds is 4. The van der Waals surface area contributed by atoms with E-state index in [2.05, 4.69) is 10.4 Å². The number of aromatic carboxylic acids is 1. The van der Waals surface area contributed by atoms with E-state index in [0.29, 0.717) is 5.69 Å². The Labute approximate surface area is 128 Å². The lowest BCUT2D eigenvalue weighted by Gasteiger charge is -2.13. The van der Waals surface area contributed by atoms with E-state index in [1.54, 1.807) is 16.8 Å². The number of hydrogen-bond acceptors (Lipinski definition) is 3. The minimum atomic E-state index is -1.02. The minimum absolute atomic E-state index is 0.138. The number of anilines is 1. The first-order chi connectivity index (χ1) is 10.3. The quantitative estimate of drug-likeness (QED) is 0.908. The van der Waals surface area contributed by atoms with Crippen molar-refractivity contribution in [1.29, 1.82) is 0 Å². The predicted molar refractivity (Wildman–Crippen MR) is 83.1 cm³/mol. The third-order valence-electron chi connectivity index (χ3n) is 3.77. The number of carboxylic acids is 1. The molecule has 0 bridgehead atoms. The smallest absolute Gasteiger partial charge is 0.335 e. The molecule has 6 heteroatoms. The summed E-state index contributed by atoms with van der Waals surface area (Å²) in [6.07, 6.45) is 0. The summed E-state index contributed by atoms with van der Waals surface area (Å²) < 4.78 is 1.75. The Morgan fingerprint density at radius 3 is 2.55 bits per heavy atom. The lowest BCUT2D eigenvalue weighted by atomic mass is 9.98. The van der Waals surface area contributed by atoms with Gasteiger partial charge in [0, 0.05) is 24.0 Å². The van der Waals surface area contributed by atoms with Crippen LogP contribution in [0.1, 0.15) is 40.2 Å². The Hall–Kier alpha value is -2.63. The van der Waals surface area contributed by atoms with E-state index in [-0.39, 0.29) is 17.4 Å². The molecule has 116 valence electrons. The van der Waals surface area contributed by atoms with Gasteiger partial charge in [0.1, 0.15) is 0 Å². The van der Waals surface area contributed by atoms with Crippen LogP contribution in [0.15, 0.2) is 24.3 Å². The molecule has 2 aromatic rings. The molecular formula is C16H19N3O3. The molecule has 0 radical (unpaired) electrons. The largest absolute Gasteiger partial charge is 0.478 e. The number of nitrogens with zero attached hydrogens (tertiary/aromatic N) is 2. The van der Waals surface area contributed by atoms with Crippen LogP contribution in [0.25, 0.3) is 0 Å². The highest BCUT2D eigenvalue weighted by Gasteiger charge is 2.22. The van der Waals surface area contributed by atoms with E-state index < -0.39 is 5.97 Å². The topological polar surface area (TPSA) is 84.2 Å². The van der Waals surface area contributed by atoms with Crippen LogP contribution < -0.4 is 5.32 Å². The van der Waals surface area contributed by atoms with Crippen molar-refractivity contribution < 1.29 is 14.7 Å². The highest BCUT2D eigenvalue weighted by Crippen LogP contribution is 2.24. The van der Waals surface area contributed by atoms with Crippen molar-refractivity contribution in [1.82, 2.24) is 9.78 Å². The summed E-state index contributed by atoms with van der Waals surface area (Å²) in [5, 5.41) is 16.1. The van der Waals surface area contributed by atoms with E-state index in [4.69, 9.17) is 5.11 Å². The molecule has 2 rings (SSSR count). The number of carboxylic acid groups (broad SMARTS) is 1. The molecule has 0 fully saturated rings. The SMILES string of the molecule is Cc1nn(C)c(C)c1C(C)C(=O)Nc1cccc(C(=O)O)c1. The van der Waals surface area contributed by atoms with Gasteiger partial charge in [0.25, 0.3) is 0 Å². The van der Waals surface area contributed by atoms with Gasteiger partial charge in [0.2, 0.25) is 5.91 Å². The van der Waals surface area contributed by atoms with Crippen LogP contribution in [0.4, 0.5) is 5.69 Å². The molecule has 6 nitrogen and oxygen atoms in total.